The summed E-state index contributed by atoms with van der Waals surface area (Å²) in [6.07, 6.45) is 4.14. The van der Waals surface area contributed by atoms with Gasteiger partial charge in [-0.3, -0.25) is 4.79 Å². The second-order valence-electron chi connectivity index (χ2n) is 11.1. The van der Waals surface area contributed by atoms with Crippen molar-refractivity contribution in [3.05, 3.63) is 59.2 Å². The lowest BCUT2D eigenvalue weighted by molar-refractivity contribution is 0.00720. The molecule has 6 rings (SSSR count). The number of fused-ring (bicyclic) bond motifs is 1. The number of carbonyl (C=O) groups excluding carboxylic acids is 1. The molecule has 9 nitrogen and oxygen atoms in total. The summed E-state index contributed by atoms with van der Waals surface area (Å²) >= 11 is 0. The Hall–Kier alpha value is -3.90. The summed E-state index contributed by atoms with van der Waals surface area (Å²) in [5.41, 5.74) is 6.83. The van der Waals surface area contributed by atoms with Crippen molar-refractivity contribution >= 4 is 17.3 Å². The molecule has 3 N–H and O–H groups in total. The summed E-state index contributed by atoms with van der Waals surface area (Å²) in [5.74, 6) is -2.99. The fourth-order valence-corrected chi connectivity index (χ4v) is 5.93. The van der Waals surface area contributed by atoms with Crippen LogP contribution < -0.4 is 25.4 Å². The monoisotopic (exact) mass is 583 g/mol. The maximum Gasteiger partial charge on any atom is 0.274 e. The molecular weight excluding hydrogens is 551 g/mol. The number of piperidine rings is 1. The number of amides is 1. The predicted octanol–water partition coefficient (Wildman–Crippen LogP) is 4.48. The SMILES string of the molecule is CC1CC(N)CN(c2c(NC(=O)c3ccc(F)c(-c4c(F)cc(OC5CCCOC5)cc4F)n3)cnc3c2CCO3)C1. The summed E-state index contributed by atoms with van der Waals surface area (Å²) in [6, 6.07) is 4.04. The summed E-state index contributed by atoms with van der Waals surface area (Å²) in [7, 11) is 0. The highest BCUT2D eigenvalue weighted by Gasteiger charge is 2.31. The fourth-order valence-electron chi connectivity index (χ4n) is 5.93. The lowest BCUT2D eigenvalue weighted by Gasteiger charge is -2.38. The number of benzene rings is 1. The van der Waals surface area contributed by atoms with Gasteiger partial charge in [-0.15, -0.1) is 0 Å². The van der Waals surface area contributed by atoms with Crippen LogP contribution in [0.5, 0.6) is 11.6 Å². The quantitative estimate of drug-likeness (QED) is 0.437. The van der Waals surface area contributed by atoms with Crippen LogP contribution in [0.1, 0.15) is 42.2 Å². The van der Waals surface area contributed by atoms with Gasteiger partial charge in [-0.25, -0.2) is 23.1 Å². The molecule has 222 valence electrons. The molecule has 2 fully saturated rings. The molecule has 3 unspecified atom stereocenters. The Kier molecular flexibility index (Phi) is 7.91. The minimum absolute atomic E-state index is 0.0362. The van der Waals surface area contributed by atoms with Gasteiger partial charge in [-0.05, 0) is 37.3 Å². The van der Waals surface area contributed by atoms with Crippen molar-refractivity contribution in [2.45, 2.75) is 44.8 Å². The number of halogens is 3. The third-order valence-corrected chi connectivity index (χ3v) is 7.71. The smallest absolute Gasteiger partial charge is 0.274 e. The van der Waals surface area contributed by atoms with Gasteiger partial charge in [0.1, 0.15) is 40.7 Å². The van der Waals surface area contributed by atoms with Gasteiger partial charge < -0.3 is 30.2 Å². The van der Waals surface area contributed by atoms with E-state index in [1.165, 1.54) is 6.20 Å². The minimum Gasteiger partial charge on any atom is -0.488 e. The van der Waals surface area contributed by atoms with Crippen molar-refractivity contribution in [1.82, 2.24) is 9.97 Å². The Morgan fingerprint density at radius 2 is 1.95 bits per heavy atom. The molecule has 2 saturated heterocycles. The molecule has 3 aliphatic rings. The van der Waals surface area contributed by atoms with Crippen LogP contribution in [-0.4, -0.2) is 60.9 Å². The van der Waals surface area contributed by atoms with E-state index < -0.39 is 34.6 Å². The van der Waals surface area contributed by atoms with E-state index in [1.54, 1.807) is 0 Å². The average molecular weight is 584 g/mol. The molecule has 0 radical (unpaired) electrons. The fraction of sp³-hybridized carbons (Fsp3) is 0.433. The lowest BCUT2D eigenvalue weighted by atomic mass is 9.95. The van der Waals surface area contributed by atoms with E-state index in [-0.39, 0.29) is 23.6 Å². The first-order chi connectivity index (χ1) is 20.3. The van der Waals surface area contributed by atoms with E-state index in [4.69, 9.17) is 19.9 Å². The number of hydrogen-bond donors (Lipinski definition) is 2. The first kappa shape index (κ1) is 28.2. The van der Waals surface area contributed by atoms with Crippen LogP contribution >= 0.6 is 0 Å². The molecule has 0 bridgehead atoms. The molecule has 3 aliphatic heterocycles. The maximum atomic E-state index is 15.2. The van der Waals surface area contributed by atoms with Gasteiger partial charge in [-0.2, -0.15) is 0 Å². The lowest BCUT2D eigenvalue weighted by Crippen LogP contribution is -2.47. The van der Waals surface area contributed by atoms with E-state index in [9.17, 15) is 9.18 Å². The number of nitrogens with one attached hydrogen (secondary N) is 1. The number of pyridine rings is 2. The first-order valence-electron chi connectivity index (χ1n) is 14.1. The summed E-state index contributed by atoms with van der Waals surface area (Å²) in [6.45, 7) is 4.84. The Morgan fingerprint density at radius 3 is 2.69 bits per heavy atom. The Balaban J connectivity index is 1.28. The zero-order chi connectivity index (χ0) is 29.4. The highest BCUT2D eigenvalue weighted by molar-refractivity contribution is 6.05. The van der Waals surface area contributed by atoms with Crippen LogP contribution in [-0.2, 0) is 11.2 Å². The number of ether oxygens (including phenoxy) is 3. The van der Waals surface area contributed by atoms with Crippen molar-refractivity contribution < 1.29 is 32.2 Å². The molecule has 2 aromatic heterocycles. The molecule has 5 heterocycles. The van der Waals surface area contributed by atoms with E-state index in [0.29, 0.717) is 56.7 Å². The number of aromatic nitrogens is 2. The number of carbonyl (C=O) groups is 1. The van der Waals surface area contributed by atoms with Crippen LogP contribution in [0, 0.1) is 23.4 Å². The third-order valence-electron chi connectivity index (χ3n) is 7.71. The molecule has 0 spiro atoms. The van der Waals surface area contributed by atoms with Gasteiger partial charge in [0.05, 0.1) is 36.3 Å². The van der Waals surface area contributed by atoms with Crippen molar-refractivity contribution in [1.29, 1.82) is 0 Å². The van der Waals surface area contributed by atoms with Gasteiger partial charge in [0.25, 0.3) is 5.91 Å². The van der Waals surface area contributed by atoms with Crippen molar-refractivity contribution in [2.24, 2.45) is 11.7 Å². The highest BCUT2D eigenvalue weighted by atomic mass is 19.1. The molecule has 0 saturated carbocycles. The normalized spacial score (nSPS) is 21.9. The molecule has 1 aromatic carbocycles. The minimum atomic E-state index is -1.06. The van der Waals surface area contributed by atoms with E-state index >= 15 is 8.78 Å². The van der Waals surface area contributed by atoms with Gasteiger partial charge in [0.2, 0.25) is 5.88 Å². The third kappa shape index (κ3) is 5.73. The van der Waals surface area contributed by atoms with Crippen LogP contribution in [0.4, 0.5) is 24.5 Å². The summed E-state index contributed by atoms with van der Waals surface area (Å²) in [5, 5.41) is 2.82. The molecule has 3 aromatic rings. The highest BCUT2D eigenvalue weighted by Crippen LogP contribution is 2.40. The zero-order valence-electron chi connectivity index (χ0n) is 23.2. The largest absolute Gasteiger partial charge is 0.488 e. The Bertz CT molecular complexity index is 1470. The van der Waals surface area contributed by atoms with Gasteiger partial charge in [-0.1, -0.05) is 6.92 Å². The van der Waals surface area contributed by atoms with E-state index in [1.807, 2.05) is 0 Å². The topological polar surface area (TPSA) is 112 Å². The Morgan fingerprint density at radius 1 is 1.14 bits per heavy atom. The van der Waals surface area contributed by atoms with Crippen LogP contribution in [0.15, 0.2) is 30.5 Å². The second kappa shape index (κ2) is 11.8. The molecule has 0 aliphatic carbocycles. The zero-order valence-corrected chi connectivity index (χ0v) is 23.2. The van der Waals surface area contributed by atoms with Gasteiger partial charge >= 0.3 is 0 Å². The van der Waals surface area contributed by atoms with Crippen LogP contribution in [0.25, 0.3) is 11.3 Å². The second-order valence-corrected chi connectivity index (χ2v) is 11.1. The van der Waals surface area contributed by atoms with E-state index in [2.05, 4.69) is 27.1 Å². The average Bonchev–Trinajstić information content (AvgIpc) is 3.42. The predicted molar refractivity (Wildman–Crippen MR) is 149 cm³/mol. The van der Waals surface area contributed by atoms with Gasteiger partial charge in [0, 0.05) is 49.9 Å². The molecule has 3 atom stereocenters. The van der Waals surface area contributed by atoms with E-state index in [0.717, 1.165) is 54.9 Å². The Labute approximate surface area is 241 Å². The molecule has 1 amide bonds. The van der Waals surface area contributed by atoms with Crippen molar-refractivity contribution in [3.8, 4) is 22.9 Å². The number of anilines is 2. The number of hydrogen-bond acceptors (Lipinski definition) is 8. The standard InChI is InChI=1S/C30H32F3N5O4/c1-16-9-17(34)14-38(13-16)28-20-6-8-41-30(20)35-12-25(28)37-29(39)24-5-4-21(31)27(36-24)26-22(32)10-19(11-23(26)33)42-18-3-2-7-40-15-18/h4-5,10-12,16-18H,2-3,6-9,13-15,34H2,1H3,(H,37,39). The molecule has 42 heavy (non-hydrogen) atoms. The molecular formula is C30H32F3N5O4. The maximum absolute atomic E-state index is 15.2. The number of nitrogens with two attached hydrogens (primary N) is 1. The number of rotatable bonds is 6. The summed E-state index contributed by atoms with van der Waals surface area (Å²) in [4.78, 5) is 23.9. The van der Waals surface area contributed by atoms with Crippen molar-refractivity contribution in [3.63, 3.8) is 0 Å². The summed E-state index contributed by atoms with van der Waals surface area (Å²) < 4.78 is 61.9. The number of nitrogens with zero attached hydrogens (tertiary/aromatic N) is 3. The first-order valence-corrected chi connectivity index (χ1v) is 14.1. The van der Waals surface area contributed by atoms with Crippen LogP contribution in [0.2, 0.25) is 0 Å². The van der Waals surface area contributed by atoms with Gasteiger partial charge in [0.15, 0.2) is 0 Å². The van der Waals surface area contributed by atoms with Crippen molar-refractivity contribution in [2.75, 3.05) is 43.1 Å². The molecule has 12 heteroatoms. The van der Waals surface area contributed by atoms with Crippen LogP contribution in [0.3, 0.4) is 0 Å².